The Morgan fingerprint density at radius 2 is 1.70 bits per heavy atom. The average molecular weight is 560 g/mol. The van der Waals surface area contributed by atoms with Crippen LogP contribution >= 0.6 is 0 Å². The number of alkyl halides is 3. The second-order valence-corrected chi connectivity index (χ2v) is 10.7. The number of nitrogens with one attached hydrogen (secondary N) is 1. The maximum Gasteiger partial charge on any atom is 0.511 e. The standard InChI is InChI=1S/C31H36F3NO5/c1-19-10-11-22(15-27(19)31(32,33)34)16-30(4,5)35-17-24(36)18-39-21(3)25-8-6-7-9-26(25)23-12-13-28(20(2)14-23)40-29(37)38/h6-15,21,24,35-36H,16-18H2,1-5H3,(H,37,38)/t21?,24-/m1/s1. The van der Waals surface area contributed by atoms with E-state index < -0.39 is 29.5 Å². The minimum Gasteiger partial charge on any atom is -0.449 e. The SMILES string of the molecule is Cc1cc(-c2ccccc2C(C)OC[C@H](O)CNC(C)(C)Cc2ccc(C)c(C(F)(F)F)c2)ccc1OC(=O)O. The Hall–Kier alpha value is -3.40. The zero-order chi connectivity index (χ0) is 29.7. The summed E-state index contributed by atoms with van der Waals surface area (Å²) in [6, 6.07) is 17.3. The van der Waals surface area contributed by atoms with Crippen molar-refractivity contribution in [3.05, 3.63) is 88.5 Å². The van der Waals surface area contributed by atoms with Gasteiger partial charge in [0.15, 0.2) is 0 Å². The molecule has 0 heterocycles. The van der Waals surface area contributed by atoms with Gasteiger partial charge >= 0.3 is 12.3 Å². The van der Waals surface area contributed by atoms with Gasteiger partial charge in [-0.05, 0) is 92.6 Å². The smallest absolute Gasteiger partial charge is 0.449 e. The zero-order valence-corrected chi connectivity index (χ0v) is 23.3. The van der Waals surface area contributed by atoms with E-state index in [0.717, 1.165) is 16.7 Å². The van der Waals surface area contributed by atoms with E-state index in [9.17, 15) is 23.1 Å². The highest BCUT2D eigenvalue weighted by atomic mass is 19.4. The van der Waals surface area contributed by atoms with E-state index in [-0.39, 0.29) is 30.6 Å². The molecule has 6 nitrogen and oxygen atoms in total. The lowest BCUT2D eigenvalue weighted by atomic mass is 9.92. The Morgan fingerprint density at radius 3 is 2.35 bits per heavy atom. The zero-order valence-electron chi connectivity index (χ0n) is 23.3. The highest BCUT2D eigenvalue weighted by Gasteiger charge is 2.33. The van der Waals surface area contributed by atoms with Crippen molar-refractivity contribution in [1.29, 1.82) is 0 Å². The quantitative estimate of drug-likeness (QED) is 0.172. The molecule has 0 saturated carbocycles. The largest absolute Gasteiger partial charge is 0.511 e. The molecule has 216 valence electrons. The number of aliphatic hydroxyl groups is 1. The van der Waals surface area contributed by atoms with Crippen LogP contribution in [-0.2, 0) is 17.3 Å². The third-order valence-corrected chi connectivity index (χ3v) is 6.69. The van der Waals surface area contributed by atoms with Gasteiger partial charge in [0.1, 0.15) is 5.75 Å². The molecule has 3 aromatic rings. The predicted molar refractivity (Wildman–Crippen MR) is 148 cm³/mol. The van der Waals surface area contributed by atoms with Crippen molar-refractivity contribution in [1.82, 2.24) is 5.32 Å². The van der Waals surface area contributed by atoms with Gasteiger partial charge < -0.3 is 25.0 Å². The van der Waals surface area contributed by atoms with Gasteiger partial charge in [-0.1, -0.05) is 42.5 Å². The molecule has 0 fully saturated rings. The first-order chi connectivity index (χ1) is 18.7. The number of halogens is 3. The maximum atomic E-state index is 13.3. The van der Waals surface area contributed by atoms with E-state index in [0.29, 0.717) is 17.5 Å². The van der Waals surface area contributed by atoms with E-state index in [1.54, 1.807) is 25.1 Å². The predicted octanol–water partition coefficient (Wildman–Crippen LogP) is 7.10. The molecule has 0 radical (unpaired) electrons. The number of aliphatic hydroxyl groups excluding tert-OH is 1. The highest BCUT2D eigenvalue weighted by molar-refractivity contribution is 5.70. The average Bonchev–Trinajstić information content (AvgIpc) is 2.87. The maximum absolute atomic E-state index is 13.3. The first-order valence-corrected chi connectivity index (χ1v) is 13.0. The summed E-state index contributed by atoms with van der Waals surface area (Å²) in [5, 5.41) is 22.7. The molecule has 1 unspecified atom stereocenters. The normalized spacial score (nSPS) is 13.6. The Labute approximate surface area is 232 Å². The van der Waals surface area contributed by atoms with Crippen LogP contribution in [0.1, 0.15) is 54.7 Å². The molecule has 40 heavy (non-hydrogen) atoms. The van der Waals surface area contributed by atoms with Crippen LogP contribution in [-0.4, -0.2) is 41.2 Å². The minimum atomic E-state index is -4.41. The number of hydrogen-bond donors (Lipinski definition) is 3. The lowest BCUT2D eigenvalue weighted by Gasteiger charge is -2.29. The second-order valence-electron chi connectivity index (χ2n) is 10.7. The molecule has 0 saturated heterocycles. The number of aryl methyl sites for hydroxylation is 2. The second kappa shape index (κ2) is 12.8. The van der Waals surface area contributed by atoms with Gasteiger partial charge in [0.2, 0.25) is 0 Å². The van der Waals surface area contributed by atoms with Gasteiger partial charge in [-0.2, -0.15) is 13.2 Å². The van der Waals surface area contributed by atoms with Crippen LogP contribution in [0, 0.1) is 13.8 Å². The fourth-order valence-electron chi connectivity index (χ4n) is 4.60. The van der Waals surface area contributed by atoms with Gasteiger partial charge in [-0.25, -0.2) is 4.79 Å². The van der Waals surface area contributed by atoms with Crippen LogP contribution in [0.3, 0.4) is 0 Å². The summed E-state index contributed by atoms with van der Waals surface area (Å²) in [5.41, 5.74) is 2.89. The number of β-amino-alcohol motifs (C(OH)–C–C–N with tert-alkyl or cyclic N) is 1. The van der Waals surface area contributed by atoms with Crippen molar-refractivity contribution >= 4 is 6.16 Å². The van der Waals surface area contributed by atoms with Crippen LogP contribution in [0.4, 0.5) is 18.0 Å². The highest BCUT2D eigenvalue weighted by Crippen LogP contribution is 2.34. The van der Waals surface area contributed by atoms with Crippen LogP contribution in [0.25, 0.3) is 11.1 Å². The number of carboxylic acid groups (broad SMARTS) is 1. The van der Waals surface area contributed by atoms with Crippen LogP contribution < -0.4 is 10.1 Å². The molecule has 0 aliphatic carbocycles. The first kappa shape index (κ1) is 31.1. The van der Waals surface area contributed by atoms with E-state index in [1.165, 1.54) is 19.1 Å². The number of rotatable bonds is 11. The molecule has 0 spiro atoms. The third-order valence-electron chi connectivity index (χ3n) is 6.69. The lowest BCUT2D eigenvalue weighted by Crippen LogP contribution is -2.46. The first-order valence-electron chi connectivity index (χ1n) is 13.0. The Balaban J connectivity index is 1.59. The fraction of sp³-hybridized carbons (Fsp3) is 0.387. The fourth-order valence-corrected chi connectivity index (χ4v) is 4.60. The van der Waals surface area contributed by atoms with Gasteiger partial charge in [-0.3, -0.25) is 0 Å². The number of hydrogen-bond acceptors (Lipinski definition) is 5. The molecule has 3 rings (SSSR count). The van der Waals surface area contributed by atoms with E-state index in [1.807, 2.05) is 51.1 Å². The van der Waals surface area contributed by atoms with Crippen LogP contribution in [0.5, 0.6) is 5.75 Å². The van der Waals surface area contributed by atoms with Crippen molar-refractivity contribution in [3.63, 3.8) is 0 Å². The number of carbonyl (C=O) groups is 1. The van der Waals surface area contributed by atoms with Gasteiger partial charge in [0.05, 0.1) is 24.4 Å². The summed E-state index contributed by atoms with van der Waals surface area (Å²) in [7, 11) is 0. The molecule has 0 aromatic heterocycles. The third kappa shape index (κ3) is 8.55. The number of ether oxygens (including phenoxy) is 2. The molecule has 0 amide bonds. The van der Waals surface area contributed by atoms with Gasteiger partial charge in [0.25, 0.3) is 0 Å². The Kier molecular flexibility index (Phi) is 10.00. The van der Waals surface area contributed by atoms with Crippen molar-refractivity contribution in [2.45, 2.75) is 65.0 Å². The molecule has 9 heteroatoms. The van der Waals surface area contributed by atoms with Gasteiger partial charge in [-0.15, -0.1) is 0 Å². The Bertz CT molecular complexity index is 1320. The summed E-state index contributed by atoms with van der Waals surface area (Å²) in [6.45, 7) is 9.09. The number of benzene rings is 3. The van der Waals surface area contributed by atoms with Gasteiger partial charge in [0, 0.05) is 12.1 Å². The summed E-state index contributed by atoms with van der Waals surface area (Å²) < 4.78 is 50.7. The van der Waals surface area contributed by atoms with Crippen molar-refractivity contribution in [3.8, 4) is 16.9 Å². The molecule has 0 aliphatic heterocycles. The lowest BCUT2D eigenvalue weighted by molar-refractivity contribution is -0.138. The van der Waals surface area contributed by atoms with Crippen molar-refractivity contribution in [2.24, 2.45) is 0 Å². The molecule has 0 aliphatic rings. The van der Waals surface area contributed by atoms with E-state index >= 15 is 0 Å². The van der Waals surface area contributed by atoms with Crippen LogP contribution in [0.2, 0.25) is 0 Å². The van der Waals surface area contributed by atoms with Crippen molar-refractivity contribution < 1.29 is 37.7 Å². The monoisotopic (exact) mass is 559 g/mol. The Morgan fingerprint density at radius 1 is 1.00 bits per heavy atom. The molecule has 3 N–H and O–H groups in total. The summed E-state index contributed by atoms with van der Waals surface area (Å²) >= 11 is 0. The molecule has 2 atom stereocenters. The molecule has 3 aromatic carbocycles. The molecular weight excluding hydrogens is 523 g/mol. The summed E-state index contributed by atoms with van der Waals surface area (Å²) in [6.07, 6.45) is -6.63. The van der Waals surface area contributed by atoms with E-state index in [4.69, 9.17) is 14.6 Å². The topological polar surface area (TPSA) is 88.0 Å². The molecule has 0 bridgehead atoms. The molecular formula is C31H36F3NO5. The summed E-state index contributed by atoms with van der Waals surface area (Å²) in [4.78, 5) is 10.9. The van der Waals surface area contributed by atoms with E-state index in [2.05, 4.69) is 5.32 Å². The summed E-state index contributed by atoms with van der Waals surface area (Å²) in [5.74, 6) is 0.264. The van der Waals surface area contributed by atoms with Crippen molar-refractivity contribution in [2.75, 3.05) is 13.2 Å². The minimum absolute atomic E-state index is 0.0474. The van der Waals surface area contributed by atoms with Crippen LogP contribution in [0.15, 0.2) is 60.7 Å².